The normalized spacial score (nSPS) is 25.2. The molecule has 1 fully saturated rings. The van der Waals surface area contributed by atoms with Crippen molar-refractivity contribution < 1.29 is 4.79 Å². The van der Waals surface area contributed by atoms with E-state index in [0.717, 1.165) is 41.9 Å². The van der Waals surface area contributed by atoms with Crippen molar-refractivity contribution in [3.8, 4) is 0 Å². The molecule has 3 heterocycles. The summed E-state index contributed by atoms with van der Waals surface area (Å²) in [6, 6.07) is 7.58. The number of benzene rings is 1. The molecule has 4 aliphatic rings. The Labute approximate surface area is 194 Å². The monoisotopic (exact) mass is 445 g/mol. The van der Waals surface area contributed by atoms with Crippen molar-refractivity contribution in [2.75, 3.05) is 18.0 Å². The first-order valence-electron chi connectivity index (χ1n) is 11.3. The number of rotatable bonds is 2. The first-order valence-corrected chi connectivity index (χ1v) is 11.7. The van der Waals surface area contributed by atoms with Crippen LogP contribution < -0.4 is 10.2 Å². The van der Waals surface area contributed by atoms with Gasteiger partial charge in [-0.2, -0.15) is 0 Å². The second-order valence-electron chi connectivity index (χ2n) is 8.96. The molecule has 0 amide bonds. The first-order chi connectivity index (χ1) is 15.5. The molecule has 164 valence electrons. The van der Waals surface area contributed by atoms with E-state index in [4.69, 9.17) is 11.6 Å². The maximum atomic E-state index is 13.1. The zero-order chi connectivity index (χ0) is 22.2. The Morgan fingerprint density at radius 1 is 1.09 bits per heavy atom. The van der Waals surface area contributed by atoms with Crippen LogP contribution in [-0.2, 0) is 11.2 Å². The van der Waals surface area contributed by atoms with Gasteiger partial charge in [0, 0.05) is 66.5 Å². The zero-order valence-corrected chi connectivity index (χ0v) is 19.3. The zero-order valence-electron chi connectivity index (χ0n) is 18.5. The van der Waals surface area contributed by atoms with E-state index >= 15 is 0 Å². The summed E-state index contributed by atoms with van der Waals surface area (Å²) in [5.74, 6) is 0.175. The fourth-order valence-corrected chi connectivity index (χ4v) is 4.90. The van der Waals surface area contributed by atoms with Crippen molar-refractivity contribution in [1.29, 1.82) is 0 Å². The van der Waals surface area contributed by atoms with Gasteiger partial charge in [-0.3, -0.25) is 4.79 Å². The summed E-state index contributed by atoms with van der Waals surface area (Å²) in [7, 11) is 0. The Kier molecular flexibility index (Phi) is 5.66. The number of hydrogen-bond acceptors (Lipinski definition) is 4. The Balaban J connectivity index is 1.49. The lowest BCUT2D eigenvalue weighted by molar-refractivity contribution is -0.115. The van der Waals surface area contributed by atoms with E-state index in [-0.39, 0.29) is 5.78 Å². The lowest BCUT2D eigenvalue weighted by Gasteiger charge is -2.39. The average molecular weight is 446 g/mol. The number of hydrogen-bond donors (Lipinski definition) is 1. The third-order valence-electron chi connectivity index (χ3n) is 6.55. The van der Waals surface area contributed by atoms with Gasteiger partial charge in [0.25, 0.3) is 0 Å². The predicted molar refractivity (Wildman–Crippen MR) is 132 cm³/mol. The fourth-order valence-electron chi connectivity index (χ4n) is 4.73. The van der Waals surface area contributed by atoms with Gasteiger partial charge in [-0.25, -0.2) is 0 Å². The lowest BCUT2D eigenvalue weighted by Crippen LogP contribution is -2.54. The largest absolute Gasteiger partial charge is 0.366 e. The summed E-state index contributed by atoms with van der Waals surface area (Å²) in [6.45, 7) is 6.47. The van der Waals surface area contributed by atoms with Gasteiger partial charge in [-0.15, -0.1) is 0 Å². The summed E-state index contributed by atoms with van der Waals surface area (Å²) < 4.78 is 0. The van der Waals surface area contributed by atoms with Crippen LogP contribution in [0.4, 0.5) is 5.69 Å². The van der Waals surface area contributed by atoms with Crippen molar-refractivity contribution in [1.82, 2.24) is 10.2 Å². The van der Waals surface area contributed by atoms with Gasteiger partial charge in [-0.05, 0) is 67.8 Å². The molecule has 0 radical (unpaired) electrons. The molecule has 1 N–H and O–H groups in total. The highest BCUT2D eigenvalue weighted by atomic mass is 35.5. The van der Waals surface area contributed by atoms with E-state index in [9.17, 15) is 4.79 Å². The number of fused-ring (bicyclic) bond motifs is 2. The van der Waals surface area contributed by atoms with Gasteiger partial charge < -0.3 is 15.1 Å². The fraction of sp³-hybridized carbons (Fsp3) is 0.296. The minimum atomic E-state index is 0.175. The van der Waals surface area contributed by atoms with Crippen LogP contribution in [0.3, 0.4) is 0 Å². The number of nitrogens with zero attached hydrogens (tertiary/aromatic N) is 2. The molecule has 0 aromatic heterocycles. The first kappa shape index (κ1) is 21.0. The highest BCUT2D eigenvalue weighted by Crippen LogP contribution is 2.32. The predicted octanol–water partition coefficient (Wildman–Crippen LogP) is 5.06. The van der Waals surface area contributed by atoms with Crippen molar-refractivity contribution in [2.45, 2.75) is 38.8 Å². The van der Waals surface area contributed by atoms with Crippen LogP contribution in [0.2, 0.25) is 0 Å². The molecule has 1 aromatic carbocycles. The van der Waals surface area contributed by atoms with Crippen molar-refractivity contribution in [3.05, 3.63) is 94.0 Å². The molecule has 1 aromatic rings. The molecule has 0 unspecified atom stereocenters. The van der Waals surface area contributed by atoms with E-state index in [2.05, 4.69) is 48.3 Å². The minimum Gasteiger partial charge on any atom is -0.366 e. The van der Waals surface area contributed by atoms with Crippen LogP contribution >= 0.6 is 11.6 Å². The standard InChI is InChI=1S/C27H28ClN3O/c1-18-15-31(19(2)14-29-18)25-9-6-21-13-26(27(32)11-7-20(21)12-25)22-4-3-5-24-10-8-23(28)17-30(24)16-22/h3-6,8-10,12-13,16-19,29H,7,11,14-15H2,1-2H3/t18-,19+/m0/s1. The summed E-state index contributed by atoms with van der Waals surface area (Å²) in [5.41, 5.74) is 6.29. The third kappa shape index (κ3) is 4.13. The number of carbonyl (C=O) groups excluding carboxylic acids is 1. The van der Waals surface area contributed by atoms with Gasteiger partial charge in [0.05, 0.1) is 5.03 Å². The number of nitrogens with one attached hydrogen (secondary N) is 1. The molecule has 32 heavy (non-hydrogen) atoms. The number of anilines is 1. The second kappa shape index (κ2) is 8.61. The molecule has 1 saturated heterocycles. The molecule has 0 spiro atoms. The number of piperazine rings is 1. The maximum Gasteiger partial charge on any atom is 0.163 e. The molecule has 5 rings (SSSR count). The van der Waals surface area contributed by atoms with Crippen LogP contribution in [0.15, 0.2) is 82.9 Å². The number of aryl methyl sites for hydroxylation is 1. The average Bonchev–Trinajstić information content (AvgIpc) is 3.08. The Hall–Kier alpha value is -2.82. The van der Waals surface area contributed by atoms with Crippen LogP contribution in [0.5, 0.6) is 0 Å². The number of halogens is 1. The topological polar surface area (TPSA) is 35.6 Å². The Morgan fingerprint density at radius 2 is 1.97 bits per heavy atom. The van der Waals surface area contributed by atoms with Crippen LogP contribution in [-0.4, -0.2) is 35.9 Å². The summed E-state index contributed by atoms with van der Waals surface area (Å²) in [5, 5.41) is 4.21. The van der Waals surface area contributed by atoms with Gasteiger partial charge in [0.2, 0.25) is 0 Å². The van der Waals surface area contributed by atoms with E-state index in [0.29, 0.717) is 23.5 Å². The molecular formula is C27H28ClN3O. The molecule has 4 nitrogen and oxygen atoms in total. The van der Waals surface area contributed by atoms with Crippen molar-refractivity contribution in [2.24, 2.45) is 0 Å². The van der Waals surface area contributed by atoms with Crippen LogP contribution in [0, 0.1) is 0 Å². The smallest absolute Gasteiger partial charge is 0.163 e. The number of ketones is 1. The minimum absolute atomic E-state index is 0.175. The number of allylic oxidation sites excluding steroid dienone is 8. The van der Waals surface area contributed by atoms with Crippen molar-refractivity contribution in [3.63, 3.8) is 0 Å². The molecule has 2 atom stereocenters. The van der Waals surface area contributed by atoms with E-state index in [1.807, 2.05) is 47.7 Å². The molecule has 1 aliphatic carbocycles. The molecular weight excluding hydrogens is 418 g/mol. The van der Waals surface area contributed by atoms with Crippen LogP contribution in [0.1, 0.15) is 31.4 Å². The number of carbonyl (C=O) groups is 1. The Morgan fingerprint density at radius 3 is 2.84 bits per heavy atom. The SMILES string of the molecule is C[C@@H]1CN[C@@H](C)CN1c1ccc2c(c1)CCC(=O)C(C1=CN3C=C(Cl)C=CC3=CC=C1)=C2. The quantitative estimate of drug-likeness (QED) is 0.690. The van der Waals surface area contributed by atoms with Gasteiger partial charge in [0.15, 0.2) is 5.78 Å². The second-order valence-corrected chi connectivity index (χ2v) is 9.40. The highest BCUT2D eigenvalue weighted by molar-refractivity contribution is 6.31. The third-order valence-corrected chi connectivity index (χ3v) is 6.77. The number of Topliss-reactive ketones (excluding diaryl/α,β-unsaturated/α-hetero) is 1. The molecule has 0 bridgehead atoms. The molecule has 5 heteroatoms. The van der Waals surface area contributed by atoms with Gasteiger partial charge in [0.1, 0.15) is 0 Å². The van der Waals surface area contributed by atoms with E-state index in [1.165, 1.54) is 11.3 Å². The van der Waals surface area contributed by atoms with Gasteiger partial charge >= 0.3 is 0 Å². The van der Waals surface area contributed by atoms with Crippen molar-refractivity contribution >= 4 is 29.1 Å². The molecule has 0 saturated carbocycles. The summed E-state index contributed by atoms with van der Waals surface area (Å²) in [4.78, 5) is 17.6. The van der Waals surface area contributed by atoms with Crippen LogP contribution in [0.25, 0.3) is 6.08 Å². The molecule has 3 aliphatic heterocycles. The summed E-state index contributed by atoms with van der Waals surface area (Å²) >= 11 is 6.21. The van der Waals surface area contributed by atoms with E-state index in [1.54, 1.807) is 0 Å². The van der Waals surface area contributed by atoms with Gasteiger partial charge in [-0.1, -0.05) is 29.8 Å². The highest BCUT2D eigenvalue weighted by Gasteiger charge is 2.25. The van der Waals surface area contributed by atoms with E-state index < -0.39 is 0 Å². The maximum absolute atomic E-state index is 13.1. The Bertz CT molecular complexity index is 1140. The summed E-state index contributed by atoms with van der Waals surface area (Å²) in [6.07, 6.45) is 17.1. The lowest BCUT2D eigenvalue weighted by atomic mass is 9.99.